The van der Waals surface area contributed by atoms with Gasteiger partial charge < -0.3 is 4.90 Å². The van der Waals surface area contributed by atoms with Crippen molar-refractivity contribution in [3.63, 3.8) is 0 Å². The summed E-state index contributed by atoms with van der Waals surface area (Å²) in [6.07, 6.45) is 13.9. The predicted octanol–water partition coefficient (Wildman–Crippen LogP) is 2.47. The normalized spacial score (nSPS) is 18.7. The zero-order chi connectivity index (χ0) is 12.9. The highest BCUT2D eigenvalue weighted by Gasteiger charge is 2.25. The molecule has 19 heavy (non-hydrogen) atoms. The average Bonchev–Trinajstić information content (AvgIpc) is 2.95. The second-order valence-corrected chi connectivity index (χ2v) is 4.95. The summed E-state index contributed by atoms with van der Waals surface area (Å²) in [5, 5.41) is 0. The highest BCUT2D eigenvalue weighted by atomic mass is 15.2. The number of rotatable bonds is 4. The second-order valence-electron chi connectivity index (χ2n) is 4.95. The maximum absolute atomic E-state index is 4.42. The molecule has 4 nitrogen and oxygen atoms in total. The van der Waals surface area contributed by atoms with Gasteiger partial charge in [0.05, 0.1) is 6.20 Å². The number of aromatic nitrogens is 3. The van der Waals surface area contributed by atoms with Crippen molar-refractivity contribution in [3.05, 3.63) is 48.7 Å². The molecule has 4 heteroatoms. The van der Waals surface area contributed by atoms with Crippen molar-refractivity contribution in [1.82, 2.24) is 15.0 Å². The molecular formula is C15H18N4. The largest absolute Gasteiger partial charge is 0.352 e. The standard InChI is InChI=1S/C15H18N4/c1-2-14(4-3-13-5-7-16-8-6-13)19(11-1)15-12-17-9-10-18-15/h5-10,12,14H,1-4,11H2. The summed E-state index contributed by atoms with van der Waals surface area (Å²) in [5.41, 5.74) is 1.36. The topological polar surface area (TPSA) is 41.9 Å². The van der Waals surface area contributed by atoms with Crippen molar-refractivity contribution in [1.29, 1.82) is 0 Å². The van der Waals surface area contributed by atoms with E-state index >= 15 is 0 Å². The van der Waals surface area contributed by atoms with Crippen LogP contribution in [0, 0.1) is 0 Å². The molecule has 0 radical (unpaired) electrons. The molecule has 3 rings (SSSR count). The van der Waals surface area contributed by atoms with E-state index in [1.165, 1.54) is 24.8 Å². The Kier molecular flexibility index (Phi) is 3.68. The fourth-order valence-electron chi connectivity index (χ4n) is 2.76. The second kappa shape index (κ2) is 5.78. The third-order valence-corrected chi connectivity index (χ3v) is 3.74. The van der Waals surface area contributed by atoms with E-state index in [0.717, 1.165) is 18.8 Å². The van der Waals surface area contributed by atoms with E-state index in [4.69, 9.17) is 0 Å². The summed E-state index contributed by atoms with van der Waals surface area (Å²) >= 11 is 0. The van der Waals surface area contributed by atoms with Crippen LogP contribution in [0.4, 0.5) is 5.82 Å². The van der Waals surface area contributed by atoms with Gasteiger partial charge in [0.25, 0.3) is 0 Å². The summed E-state index contributed by atoms with van der Waals surface area (Å²) in [5.74, 6) is 1.01. The molecule has 98 valence electrons. The molecule has 0 aliphatic carbocycles. The lowest BCUT2D eigenvalue weighted by Gasteiger charge is -2.25. The Labute approximate surface area is 113 Å². The van der Waals surface area contributed by atoms with E-state index in [-0.39, 0.29) is 0 Å². The molecule has 2 aromatic rings. The van der Waals surface area contributed by atoms with E-state index in [0.29, 0.717) is 6.04 Å². The van der Waals surface area contributed by atoms with Crippen LogP contribution in [0.15, 0.2) is 43.1 Å². The lowest BCUT2D eigenvalue weighted by atomic mass is 10.0. The fourth-order valence-corrected chi connectivity index (χ4v) is 2.76. The molecule has 1 atom stereocenters. The molecule has 3 heterocycles. The van der Waals surface area contributed by atoms with Gasteiger partial charge in [0.1, 0.15) is 5.82 Å². The maximum atomic E-state index is 4.42. The number of hydrogen-bond acceptors (Lipinski definition) is 4. The summed E-state index contributed by atoms with van der Waals surface area (Å²) in [6, 6.07) is 4.79. The van der Waals surface area contributed by atoms with Crippen LogP contribution in [0.2, 0.25) is 0 Å². The predicted molar refractivity (Wildman–Crippen MR) is 75.0 cm³/mol. The first kappa shape index (κ1) is 12.1. The quantitative estimate of drug-likeness (QED) is 0.840. The van der Waals surface area contributed by atoms with E-state index in [9.17, 15) is 0 Å². The summed E-state index contributed by atoms with van der Waals surface area (Å²) in [7, 11) is 0. The number of hydrogen-bond donors (Lipinski definition) is 0. The molecule has 0 aromatic carbocycles. The van der Waals surface area contributed by atoms with Crippen LogP contribution < -0.4 is 4.90 Å². The smallest absolute Gasteiger partial charge is 0.147 e. The van der Waals surface area contributed by atoms with E-state index in [2.05, 4.69) is 32.0 Å². The van der Waals surface area contributed by atoms with Crippen LogP contribution in [0.5, 0.6) is 0 Å². The van der Waals surface area contributed by atoms with Crippen molar-refractivity contribution in [2.75, 3.05) is 11.4 Å². The first-order chi connectivity index (χ1) is 9.43. The van der Waals surface area contributed by atoms with Crippen molar-refractivity contribution in [2.45, 2.75) is 31.7 Å². The Morgan fingerprint density at radius 3 is 2.79 bits per heavy atom. The van der Waals surface area contributed by atoms with Gasteiger partial charge in [-0.05, 0) is 43.4 Å². The minimum Gasteiger partial charge on any atom is -0.352 e. The number of pyridine rings is 1. The summed E-state index contributed by atoms with van der Waals surface area (Å²) in [6.45, 7) is 1.10. The minimum absolute atomic E-state index is 0.588. The molecule has 0 saturated carbocycles. The maximum Gasteiger partial charge on any atom is 0.147 e. The van der Waals surface area contributed by atoms with Crippen LogP contribution >= 0.6 is 0 Å². The van der Waals surface area contributed by atoms with Crippen molar-refractivity contribution >= 4 is 5.82 Å². The molecule has 1 unspecified atom stereocenters. The van der Waals surface area contributed by atoms with Gasteiger partial charge in [-0.1, -0.05) is 0 Å². The van der Waals surface area contributed by atoms with E-state index < -0.39 is 0 Å². The van der Waals surface area contributed by atoms with Gasteiger partial charge >= 0.3 is 0 Å². The highest BCUT2D eigenvalue weighted by molar-refractivity contribution is 5.38. The molecule has 1 saturated heterocycles. The Morgan fingerprint density at radius 1 is 1.11 bits per heavy atom. The van der Waals surface area contributed by atoms with Gasteiger partial charge in [0, 0.05) is 37.4 Å². The first-order valence-electron chi connectivity index (χ1n) is 6.85. The van der Waals surface area contributed by atoms with Crippen LogP contribution in [-0.2, 0) is 6.42 Å². The van der Waals surface area contributed by atoms with Crippen molar-refractivity contribution in [3.8, 4) is 0 Å². The SMILES string of the molecule is c1cc(CCC2CCCN2c2cnccn2)ccn1. The summed E-state index contributed by atoms with van der Waals surface area (Å²) in [4.78, 5) is 15.0. The van der Waals surface area contributed by atoms with Gasteiger partial charge in [-0.2, -0.15) is 0 Å². The van der Waals surface area contributed by atoms with Crippen LogP contribution in [-0.4, -0.2) is 27.5 Å². The molecular weight excluding hydrogens is 236 g/mol. The summed E-state index contributed by atoms with van der Waals surface area (Å²) < 4.78 is 0. The Hall–Kier alpha value is -1.97. The van der Waals surface area contributed by atoms with Crippen molar-refractivity contribution < 1.29 is 0 Å². The van der Waals surface area contributed by atoms with Gasteiger partial charge in [0.15, 0.2) is 0 Å². The number of nitrogens with zero attached hydrogens (tertiary/aromatic N) is 4. The molecule has 0 N–H and O–H groups in total. The lowest BCUT2D eigenvalue weighted by molar-refractivity contribution is 0.605. The van der Waals surface area contributed by atoms with Crippen LogP contribution in [0.3, 0.4) is 0 Å². The van der Waals surface area contributed by atoms with Gasteiger partial charge in [-0.3, -0.25) is 9.97 Å². The monoisotopic (exact) mass is 254 g/mol. The third-order valence-electron chi connectivity index (χ3n) is 3.74. The minimum atomic E-state index is 0.588. The third kappa shape index (κ3) is 2.89. The molecule has 2 aromatic heterocycles. The van der Waals surface area contributed by atoms with Crippen LogP contribution in [0.25, 0.3) is 0 Å². The fraction of sp³-hybridized carbons (Fsp3) is 0.400. The van der Waals surface area contributed by atoms with Gasteiger partial charge in [0.2, 0.25) is 0 Å². The Balaban J connectivity index is 1.64. The number of aryl methyl sites for hydroxylation is 1. The molecule has 0 bridgehead atoms. The zero-order valence-electron chi connectivity index (χ0n) is 10.9. The highest BCUT2D eigenvalue weighted by Crippen LogP contribution is 2.25. The molecule has 0 spiro atoms. The first-order valence-corrected chi connectivity index (χ1v) is 6.85. The number of anilines is 1. The Bertz CT molecular complexity index is 500. The van der Waals surface area contributed by atoms with E-state index in [1.807, 2.05) is 18.6 Å². The average molecular weight is 254 g/mol. The molecule has 1 aliphatic heterocycles. The van der Waals surface area contributed by atoms with E-state index in [1.54, 1.807) is 12.4 Å². The zero-order valence-corrected chi connectivity index (χ0v) is 10.9. The van der Waals surface area contributed by atoms with Gasteiger partial charge in [-0.25, -0.2) is 4.98 Å². The Morgan fingerprint density at radius 2 is 2.00 bits per heavy atom. The van der Waals surface area contributed by atoms with Gasteiger partial charge in [-0.15, -0.1) is 0 Å². The molecule has 0 amide bonds. The molecule has 1 aliphatic rings. The molecule has 1 fully saturated rings. The lowest BCUT2D eigenvalue weighted by Crippen LogP contribution is -2.30. The van der Waals surface area contributed by atoms with Crippen molar-refractivity contribution in [2.24, 2.45) is 0 Å². The van der Waals surface area contributed by atoms with Crippen LogP contribution in [0.1, 0.15) is 24.8 Å².